The summed E-state index contributed by atoms with van der Waals surface area (Å²) in [6, 6.07) is 3.23. The molecule has 0 bridgehead atoms. The van der Waals surface area contributed by atoms with Gasteiger partial charge >= 0.3 is 0 Å². The maximum atomic E-state index is 14.4. The third-order valence-corrected chi connectivity index (χ3v) is 3.38. The van der Waals surface area contributed by atoms with Crippen LogP contribution in [0.4, 0.5) is 4.39 Å². The van der Waals surface area contributed by atoms with Crippen LogP contribution in [0.25, 0.3) is 5.52 Å². The largest absolute Gasteiger partial charge is 0.343 e. The summed E-state index contributed by atoms with van der Waals surface area (Å²) in [4.78, 5) is 13.3. The normalized spacial score (nSPS) is 12.7. The topological polar surface area (TPSA) is 37.6 Å². The van der Waals surface area contributed by atoms with Crippen LogP contribution in [0.15, 0.2) is 18.3 Å². The number of aromatic nitrogens is 2. The van der Waals surface area contributed by atoms with E-state index in [1.165, 1.54) is 15.5 Å². The maximum Gasteiger partial charge on any atom is 0.273 e. The molecule has 1 atom stereocenters. The summed E-state index contributed by atoms with van der Waals surface area (Å²) in [6.45, 7) is 4.00. The Kier molecular flexibility index (Phi) is 3.55. The third-order valence-electron chi connectivity index (χ3n) is 3.38. The molecule has 2 heterocycles. The van der Waals surface area contributed by atoms with E-state index in [0.29, 0.717) is 11.1 Å². The summed E-state index contributed by atoms with van der Waals surface area (Å²) in [5, 5.41) is 4.11. The molecule has 0 radical (unpaired) electrons. The number of nitrogens with zero attached hydrogens (tertiary/aromatic N) is 3. The second-order valence-corrected chi connectivity index (χ2v) is 4.95. The highest BCUT2D eigenvalue weighted by Gasteiger charge is 2.18. The van der Waals surface area contributed by atoms with E-state index in [0.717, 1.165) is 6.42 Å². The fraction of sp³-hybridized carbons (Fsp3) is 0.429. The van der Waals surface area contributed by atoms with Crippen LogP contribution in [0.2, 0.25) is 0 Å². The molecule has 5 heteroatoms. The first kappa shape index (κ1) is 13.5. The molecule has 0 aromatic carbocycles. The molecule has 0 spiro atoms. The van der Waals surface area contributed by atoms with Crippen molar-refractivity contribution in [2.75, 3.05) is 14.1 Å². The molecule has 4 nitrogen and oxygen atoms in total. The van der Waals surface area contributed by atoms with Crippen LogP contribution in [-0.2, 0) is 0 Å². The number of amides is 1. The number of fused-ring (bicyclic) bond motifs is 1. The zero-order chi connectivity index (χ0) is 14.2. The minimum atomic E-state index is -0.290. The summed E-state index contributed by atoms with van der Waals surface area (Å²) >= 11 is 0. The van der Waals surface area contributed by atoms with E-state index in [-0.39, 0.29) is 23.3 Å². The van der Waals surface area contributed by atoms with Crippen molar-refractivity contribution >= 4 is 11.4 Å². The average Bonchev–Trinajstić information content (AvgIpc) is 2.82. The van der Waals surface area contributed by atoms with E-state index >= 15 is 0 Å². The van der Waals surface area contributed by atoms with Crippen LogP contribution in [-0.4, -0.2) is 34.5 Å². The average molecular weight is 263 g/mol. The Labute approximate surface area is 111 Å². The number of carbonyl (C=O) groups excluding carboxylic acids is 1. The van der Waals surface area contributed by atoms with E-state index in [1.54, 1.807) is 26.4 Å². The molecule has 102 valence electrons. The predicted molar refractivity (Wildman–Crippen MR) is 71.9 cm³/mol. The van der Waals surface area contributed by atoms with Gasteiger partial charge in [-0.15, -0.1) is 0 Å². The minimum absolute atomic E-state index is 0.146. The Morgan fingerprint density at radius 2 is 2.21 bits per heavy atom. The monoisotopic (exact) mass is 263 g/mol. The van der Waals surface area contributed by atoms with Crippen LogP contribution >= 0.6 is 0 Å². The van der Waals surface area contributed by atoms with E-state index in [9.17, 15) is 9.18 Å². The van der Waals surface area contributed by atoms with Gasteiger partial charge in [0.05, 0.1) is 0 Å². The van der Waals surface area contributed by atoms with E-state index in [2.05, 4.69) is 5.10 Å². The maximum absolute atomic E-state index is 14.4. The highest BCUT2D eigenvalue weighted by Crippen LogP contribution is 2.25. The molecule has 0 aliphatic carbocycles. The van der Waals surface area contributed by atoms with Crippen LogP contribution in [0, 0.1) is 5.82 Å². The quantitative estimate of drug-likeness (QED) is 0.853. The van der Waals surface area contributed by atoms with Gasteiger partial charge in [-0.1, -0.05) is 13.8 Å². The van der Waals surface area contributed by atoms with Gasteiger partial charge in [0.1, 0.15) is 5.52 Å². The fourth-order valence-electron chi connectivity index (χ4n) is 1.98. The summed E-state index contributed by atoms with van der Waals surface area (Å²) < 4.78 is 15.8. The first-order valence-electron chi connectivity index (χ1n) is 6.35. The van der Waals surface area contributed by atoms with Gasteiger partial charge in [-0.2, -0.15) is 5.10 Å². The molecule has 2 aromatic rings. The lowest BCUT2D eigenvalue weighted by atomic mass is 9.99. The molecule has 0 saturated heterocycles. The number of carbonyl (C=O) groups is 1. The van der Waals surface area contributed by atoms with Crippen molar-refractivity contribution in [1.82, 2.24) is 14.5 Å². The van der Waals surface area contributed by atoms with Crippen molar-refractivity contribution in [3.63, 3.8) is 0 Å². The molecular formula is C14H18FN3O. The lowest BCUT2D eigenvalue weighted by Gasteiger charge is -2.10. The molecule has 0 N–H and O–H groups in total. The van der Waals surface area contributed by atoms with E-state index in [4.69, 9.17) is 0 Å². The lowest BCUT2D eigenvalue weighted by Crippen LogP contribution is -2.22. The first-order valence-corrected chi connectivity index (χ1v) is 6.35. The van der Waals surface area contributed by atoms with Gasteiger partial charge in [0, 0.05) is 20.3 Å². The van der Waals surface area contributed by atoms with Crippen molar-refractivity contribution in [3.8, 4) is 0 Å². The Morgan fingerprint density at radius 3 is 2.79 bits per heavy atom. The van der Waals surface area contributed by atoms with Gasteiger partial charge in [-0.25, -0.2) is 8.91 Å². The first-order chi connectivity index (χ1) is 8.95. The number of hydrogen-bond acceptors (Lipinski definition) is 2. The fourth-order valence-corrected chi connectivity index (χ4v) is 1.98. The van der Waals surface area contributed by atoms with Crippen LogP contribution in [0.3, 0.4) is 0 Å². The molecule has 1 unspecified atom stereocenters. The van der Waals surface area contributed by atoms with Gasteiger partial charge < -0.3 is 4.90 Å². The van der Waals surface area contributed by atoms with Crippen molar-refractivity contribution in [3.05, 3.63) is 35.4 Å². The molecular weight excluding hydrogens is 245 g/mol. The SMILES string of the molecule is CCC(C)c1ccn2nc(C(=O)N(C)C)cc2c1F. The smallest absolute Gasteiger partial charge is 0.273 e. The number of pyridine rings is 1. The Morgan fingerprint density at radius 1 is 1.53 bits per heavy atom. The summed E-state index contributed by atoms with van der Waals surface area (Å²) in [6.07, 6.45) is 2.57. The Bertz CT molecular complexity index is 618. The molecule has 0 aliphatic rings. The molecule has 1 amide bonds. The second kappa shape index (κ2) is 4.99. The van der Waals surface area contributed by atoms with E-state index in [1.807, 2.05) is 13.8 Å². The van der Waals surface area contributed by atoms with Crippen molar-refractivity contribution in [2.45, 2.75) is 26.2 Å². The van der Waals surface area contributed by atoms with Crippen LogP contribution in [0.5, 0.6) is 0 Å². The standard InChI is InChI=1S/C14H18FN3O/c1-5-9(2)10-6-7-18-12(13(10)15)8-11(16-18)14(19)17(3)4/h6-9H,5H2,1-4H3. The number of halogens is 1. The molecule has 2 aromatic heterocycles. The second-order valence-electron chi connectivity index (χ2n) is 4.95. The Balaban J connectivity index is 2.55. The summed E-state index contributed by atoms with van der Waals surface area (Å²) in [5.74, 6) is -0.372. The number of rotatable bonds is 3. The predicted octanol–water partition coefficient (Wildman–Crippen LogP) is 2.69. The summed E-state index contributed by atoms with van der Waals surface area (Å²) in [5.41, 5.74) is 1.27. The van der Waals surface area contributed by atoms with Gasteiger partial charge in [-0.3, -0.25) is 4.79 Å². The van der Waals surface area contributed by atoms with Crippen molar-refractivity contribution in [2.24, 2.45) is 0 Å². The zero-order valence-electron chi connectivity index (χ0n) is 11.6. The highest BCUT2D eigenvalue weighted by molar-refractivity contribution is 5.93. The molecule has 2 rings (SSSR count). The van der Waals surface area contributed by atoms with Crippen LogP contribution < -0.4 is 0 Å². The highest BCUT2D eigenvalue weighted by atomic mass is 19.1. The zero-order valence-corrected chi connectivity index (χ0v) is 11.6. The van der Waals surface area contributed by atoms with Gasteiger partial charge in [-0.05, 0) is 30.0 Å². The molecule has 0 aliphatic heterocycles. The molecule has 0 saturated carbocycles. The number of hydrogen-bond donors (Lipinski definition) is 0. The third kappa shape index (κ3) is 2.32. The lowest BCUT2D eigenvalue weighted by molar-refractivity contribution is 0.0821. The van der Waals surface area contributed by atoms with E-state index < -0.39 is 0 Å². The van der Waals surface area contributed by atoms with Gasteiger partial charge in [0.15, 0.2) is 11.5 Å². The molecule has 19 heavy (non-hydrogen) atoms. The van der Waals surface area contributed by atoms with Crippen molar-refractivity contribution in [1.29, 1.82) is 0 Å². The van der Waals surface area contributed by atoms with Crippen molar-refractivity contribution < 1.29 is 9.18 Å². The van der Waals surface area contributed by atoms with Gasteiger partial charge in [0.25, 0.3) is 5.91 Å². The Hall–Kier alpha value is -1.91. The molecule has 0 fully saturated rings. The van der Waals surface area contributed by atoms with Gasteiger partial charge in [0.2, 0.25) is 0 Å². The summed E-state index contributed by atoms with van der Waals surface area (Å²) in [7, 11) is 3.29. The van der Waals surface area contributed by atoms with Crippen LogP contribution in [0.1, 0.15) is 42.2 Å². The minimum Gasteiger partial charge on any atom is -0.343 e.